The van der Waals surface area contributed by atoms with Gasteiger partial charge in [0, 0.05) is 18.3 Å². The average Bonchev–Trinajstić information content (AvgIpc) is 3.08. The first kappa shape index (κ1) is 18.5. The minimum Gasteiger partial charge on any atom is -0.481 e. The van der Waals surface area contributed by atoms with Crippen LogP contribution in [0.4, 0.5) is 5.69 Å². The largest absolute Gasteiger partial charge is 0.481 e. The van der Waals surface area contributed by atoms with Crippen molar-refractivity contribution in [3.63, 3.8) is 0 Å². The van der Waals surface area contributed by atoms with Crippen molar-refractivity contribution in [2.45, 2.75) is 51.2 Å². The molecular formula is C22H27NO3. The van der Waals surface area contributed by atoms with Crippen LogP contribution in [0.1, 0.15) is 48.5 Å². The Balaban J connectivity index is 1.61. The molecule has 2 aromatic carbocycles. The number of aliphatic hydroxyl groups excluding tert-OH is 1. The molecule has 2 atom stereocenters. The molecule has 2 aromatic rings. The van der Waals surface area contributed by atoms with E-state index in [0.29, 0.717) is 6.42 Å². The number of aliphatic hydroxyl groups is 1. The third-order valence-corrected chi connectivity index (χ3v) is 5.35. The van der Waals surface area contributed by atoms with E-state index in [9.17, 15) is 9.90 Å². The Kier molecular flexibility index (Phi) is 5.94. The second-order valence-corrected chi connectivity index (χ2v) is 7.16. The second kappa shape index (κ2) is 8.37. The molecule has 0 aromatic heterocycles. The van der Waals surface area contributed by atoms with Crippen LogP contribution in [0.25, 0.3) is 0 Å². The molecule has 26 heavy (non-hydrogen) atoms. The molecule has 0 amide bonds. The fraction of sp³-hybridized carbons (Fsp3) is 0.409. The molecule has 2 unspecified atom stereocenters. The maximum atomic E-state index is 11.0. The highest BCUT2D eigenvalue weighted by atomic mass is 16.4. The highest BCUT2D eigenvalue weighted by Crippen LogP contribution is 2.29. The van der Waals surface area contributed by atoms with Crippen molar-refractivity contribution in [2.24, 2.45) is 0 Å². The fourth-order valence-corrected chi connectivity index (χ4v) is 3.83. The number of carboxylic acids is 1. The van der Waals surface area contributed by atoms with Crippen LogP contribution in [-0.4, -0.2) is 28.8 Å². The zero-order valence-electron chi connectivity index (χ0n) is 15.3. The quantitative estimate of drug-likeness (QED) is 0.786. The van der Waals surface area contributed by atoms with Crippen molar-refractivity contribution in [1.29, 1.82) is 0 Å². The second-order valence-electron chi connectivity index (χ2n) is 7.16. The standard InChI is InChI=1S/C22H27NO3/c1-16-5-2-3-6-17(16)10-13-21(24)18-8-11-19(12-9-18)23-14-4-7-20(23)15-22(25)26/h2-3,5-6,8-9,11-12,20-21,24H,4,7,10,13-15H2,1H3,(H,25,26). The molecule has 0 aliphatic carbocycles. The summed E-state index contributed by atoms with van der Waals surface area (Å²) in [6.45, 7) is 2.99. The van der Waals surface area contributed by atoms with Gasteiger partial charge in [-0.3, -0.25) is 4.79 Å². The van der Waals surface area contributed by atoms with E-state index in [1.165, 1.54) is 11.1 Å². The lowest BCUT2D eigenvalue weighted by molar-refractivity contribution is -0.137. The number of rotatable bonds is 7. The summed E-state index contributed by atoms with van der Waals surface area (Å²) >= 11 is 0. The normalized spacial score (nSPS) is 18.1. The summed E-state index contributed by atoms with van der Waals surface area (Å²) in [6.07, 6.45) is 3.18. The van der Waals surface area contributed by atoms with Gasteiger partial charge in [0.15, 0.2) is 0 Å². The summed E-state index contributed by atoms with van der Waals surface area (Å²) in [4.78, 5) is 13.2. The van der Waals surface area contributed by atoms with E-state index < -0.39 is 12.1 Å². The summed E-state index contributed by atoms with van der Waals surface area (Å²) < 4.78 is 0. The Morgan fingerprint density at radius 1 is 1.19 bits per heavy atom. The SMILES string of the molecule is Cc1ccccc1CCC(O)c1ccc(N2CCCC2CC(=O)O)cc1. The Labute approximate surface area is 155 Å². The van der Waals surface area contributed by atoms with Crippen molar-refractivity contribution in [3.05, 3.63) is 65.2 Å². The lowest BCUT2D eigenvalue weighted by Gasteiger charge is -2.26. The molecule has 1 aliphatic heterocycles. The molecule has 0 saturated carbocycles. The summed E-state index contributed by atoms with van der Waals surface area (Å²) in [5.41, 5.74) is 4.49. The van der Waals surface area contributed by atoms with Crippen LogP contribution >= 0.6 is 0 Å². The first-order valence-corrected chi connectivity index (χ1v) is 9.35. The molecule has 4 nitrogen and oxygen atoms in total. The number of aryl methyl sites for hydroxylation is 2. The summed E-state index contributed by atoms with van der Waals surface area (Å²) in [7, 11) is 0. The molecule has 3 rings (SSSR count). The van der Waals surface area contributed by atoms with Gasteiger partial charge in [0.2, 0.25) is 0 Å². The van der Waals surface area contributed by atoms with Crippen LogP contribution in [0.2, 0.25) is 0 Å². The molecule has 2 N–H and O–H groups in total. The molecule has 0 spiro atoms. The molecule has 138 valence electrons. The van der Waals surface area contributed by atoms with Crippen LogP contribution < -0.4 is 4.90 Å². The smallest absolute Gasteiger partial charge is 0.305 e. The Bertz CT molecular complexity index is 741. The molecule has 0 radical (unpaired) electrons. The zero-order chi connectivity index (χ0) is 18.5. The third kappa shape index (κ3) is 4.44. The predicted molar refractivity (Wildman–Crippen MR) is 104 cm³/mol. The monoisotopic (exact) mass is 353 g/mol. The van der Waals surface area contributed by atoms with Gasteiger partial charge in [0.05, 0.1) is 12.5 Å². The molecular weight excluding hydrogens is 326 g/mol. The molecule has 1 saturated heterocycles. The number of carbonyl (C=O) groups is 1. The van der Waals surface area contributed by atoms with Gasteiger partial charge in [-0.1, -0.05) is 36.4 Å². The van der Waals surface area contributed by atoms with Gasteiger partial charge in [-0.15, -0.1) is 0 Å². The lowest BCUT2D eigenvalue weighted by atomic mass is 9.98. The van der Waals surface area contributed by atoms with E-state index >= 15 is 0 Å². The maximum Gasteiger partial charge on any atom is 0.305 e. The van der Waals surface area contributed by atoms with Gasteiger partial charge < -0.3 is 15.1 Å². The van der Waals surface area contributed by atoms with Crippen LogP contribution in [-0.2, 0) is 11.2 Å². The Morgan fingerprint density at radius 2 is 1.92 bits per heavy atom. The number of aliphatic carboxylic acids is 1. The van der Waals surface area contributed by atoms with E-state index in [-0.39, 0.29) is 12.5 Å². The zero-order valence-corrected chi connectivity index (χ0v) is 15.3. The molecule has 1 aliphatic rings. The van der Waals surface area contributed by atoms with Crippen molar-refractivity contribution >= 4 is 11.7 Å². The van der Waals surface area contributed by atoms with Gasteiger partial charge in [-0.2, -0.15) is 0 Å². The van der Waals surface area contributed by atoms with E-state index in [0.717, 1.165) is 37.1 Å². The van der Waals surface area contributed by atoms with E-state index in [2.05, 4.69) is 24.0 Å². The van der Waals surface area contributed by atoms with Gasteiger partial charge in [0.25, 0.3) is 0 Å². The topological polar surface area (TPSA) is 60.8 Å². The summed E-state index contributed by atoms with van der Waals surface area (Å²) in [6, 6.07) is 16.3. The summed E-state index contributed by atoms with van der Waals surface area (Å²) in [5.74, 6) is -0.745. The molecule has 1 fully saturated rings. The van der Waals surface area contributed by atoms with Crippen molar-refractivity contribution in [3.8, 4) is 0 Å². The van der Waals surface area contributed by atoms with Crippen LogP contribution in [0.3, 0.4) is 0 Å². The minimum atomic E-state index is -0.745. The Hall–Kier alpha value is -2.33. The van der Waals surface area contributed by atoms with E-state index in [1.807, 2.05) is 36.4 Å². The first-order chi connectivity index (χ1) is 12.5. The summed E-state index contributed by atoms with van der Waals surface area (Å²) in [5, 5.41) is 19.6. The van der Waals surface area contributed by atoms with Gasteiger partial charge in [0.1, 0.15) is 0 Å². The van der Waals surface area contributed by atoms with E-state index in [4.69, 9.17) is 5.11 Å². The molecule has 4 heteroatoms. The number of benzene rings is 2. The van der Waals surface area contributed by atoms with E-state index in [1.54, 1.807) is 0 Å². The van der Waals surface area contributed by atoms with Crippen molar-refractivity contribution in [1.82, 2.24) is 0 Å². The van der Waals surface area contributed by atoms with Gasteiger partial charge in [-0.25, -0.2) is 0 Å². The lowest BCUT2D eigenvalue weighted by Crippen LogP contribution is -2.31. The average molecular weight is 353 g/mol. The van der Waals surface area contributed by atoms with Crippen LogP contribution in [0.5, 0.6) is 0 Å². The third-order valence-electron chi connectivity index (χ3n) is 5.35. The number of anilines is 1. The highest BCUT2D eigenvalue weighted by Gasteiger charge is 2.26. The van der Waals surface area contributed by atoms with Crippen LogP contribution in [0, 0.1) is 6.92 Å². The Morgan fingerprint density at radius 3 is 2.62 bits per heavy atom. The molecule has 1 heterocycles. The van der Waals surface area contributed by atoms with Gasteiger partial charge >= 0.3 is 5.97 Å². The number of hydrogen-bond acceptors (Lipinski definition) is 3. The van der Waals surface area contributed by atoms with Crippen molar-refractivity contribution in [2.75, 3.05) is 11.4 Å². The fourth-order valence-electron chi connectivity index (χ4n) is 3.83. The van der Waals surface area contributed by atoms with Crippen molar-refractivity contribution < 1.29 is 15.0 Å². The highest BCUT2D eigenvalue weighted by molar-refractivity contribution is 5.69. The number of carboxylic acid groups (broad SMARTS) is 1. The first-order valence-electron chi connectivity index (χ1n) is 9.35. The minimum absolute atomic E-state index is 0.0735. The predicted octanol–water partition coefficient (Wildman–Crippen LogP) is 4.10. The molecule has 0 bridgehead atoms. The maximum absolute atomic E-state index is 11.0. The number of hydrogen-bond donors (Lipinski definition) is 2. The van der Waals surface area contributed by atoms with Crippen LogP contribution in [0.15, 0.2) is 48.5 Å². The van der Waals surface area contributed by atoms with Gasteiger partial charge in [-0.05, 0) is 61.4 Å². The number of nitrogens with zero attached hydrogens (tertiary/aromatic N) is 1.